The minimum Gasteiger partial charge on any atom is -0.207 e. The summed E-state index contributed by atoms with van der Waals surface area (Å²) in [6.07, 6.45) is 1.86. The van der Waals surface area contributed by atoms with Crippen molar-refractivity contribution in [2.75, 3.05) is 0 Å². The Balaban J connectivity index is 0.000000237. The van der Waals surface area contributed by atoms with E-state index in [2.05, 4.69) is 16.9 Å². The number of aromatic nitrogens is 3. The van der Waals surface area contributed by atoms with E-state index in [1.165, 1.54) is 24.3 Å². The molecule has 0 unspecified atom stereocenters. The maximum absolute atomic E-state index is 12.9. The summed E-state index contributed by atoms with van der Waals surface area (Å²) >= 11 is 0. The van der Waals surface area contributed by atoms with Crippen molar-refractivity contribution in [3.8, 4) is 5.82 Å². The second kappa shape index (κ2) is 6.19. The summed E-state index contributed by atoms with van der Waals surface area (Å²) in [5.41, 5.74) is 2.57. The predicted molar refractivity (Wildman–Crippen MR) is 84.0 cm³/mol. The summed E-state index contributed by atoms with van der Waals surface area (Å²) in [6.45, 7) is 2.21. The Morgan fingerprint density at radius 1 is 0.909 bits per heavy atom. The molecule has 3 nitrogen and oxygen atoms in total. The van der Waals surface area contributed by atoms with Crippen LogP contribution < -0.4 is 0 Å². The Bertz CT molecular complexity index is 684. The summed E-state index contributed by atoms with van der Waals surface area (Å²) in [7, 11) is -0.338. The van der Waals surface area contributed by atoms with Gasteiger partial charge in [0.1, 0.15) is 11.6 Å². The first-order chi connectivity index (χ1) is 10.7. The van der Waals surface area contributed by atoms with Gasteiger partial charge in [0.15, 0.2) is 5.82 Å². The molecular formula is C16H15F2N3Si. The highest BCUT2D eigenvalue weighted by Gasteiger charge is 2.14. The van der Waals surface area contributed by atoms with Crippen molar-refractivity contribution in [2.24, 2.45) is 0 Å². The third-order valence-electron chi connectivity index (χ3n) is 3.60. The molecule has 0 spiro atoms. The average molecular weight is 315 g/mol. The highest BCUT2D eigenvalue weighted by atomic mass is 28.2. The first-order valence-electron chi connectivity index (χ1n) is 7.11. The molecule has 0 aliphatic carbocycles. The molecule has 0 amide bonds. The lowest BCUT2D eigenvalue weighted by Gasteiger charge is -2.15. The highest BCUT2D eigenvalue weighted by molar-refractivity contribution is 6.37. The standard InChI is InChI=1S/C14H14F2Si.C2HN3/c1-17-14(10-2-6-12(15)7-3-10)11-4-8-13(16)9-5-11;1-2-3-4-5(1)2/h2-9,14H,17H2,1H3;1H. The fraction of sp³-hybridized carbons (Fsp3) is 0.125. The molecule has 0 fully saturated rings. The number of hydrogen-bond donors (Lipinski definition) is 0. The molecule has 6 heteroatoms. The van der Waals surface area contributed by atoms with Gasteiger partial charge in [0.25, 0.3) is 0 Å². The third kappa shape index (κ3) is 3.28. The maximum Gasteiger partial charge on any atom is 0.197 e. The van der Waals surface area contributed by atoms with E-state index in [9.17, 15) is 8.78 Å². The monoisotopic (exact) mass is 315 g/mol. The zero-order valence-corrected chi connectivity index (χ0v) is 13.5. The molecule has 2 aromatic rings. The quantitative estimate of drug-likeness (QED) is 0.544. The zero-order chi connectivity index (χ0) is 15.5. The molecule has 0 atom stereocenters. The molecule has 0 bridgehead atoms. The van der Waals surface area contributed by atoms with Gasteiger partial charge in [0.2, 0.25) is 0 Å². The molecule has 2 aliphatic heterocycles. The van der Waals surface area contributed by atoms with Crippen LogP contribution in [0.15, 0.2) is 54.7 Å². The molecule has 4 rings (SSSR count). The number of nitrogens with zero attached hydrogens (tertiary/aromatic N) is 3. The Hall–Kier alpha value is -2.34. The largest absolute Gasteiger partial charge is 0.207 e. The second-order valence-corrected chi connectivity index (χ2v) is 6.72. The van der Waals surface area contributed by atoms with Crippen molar-refractivity contribution < 1.29 is 8.78 Å². The van der Waals surface area contributed by atoms with Gasteiger partial charge in [0, 0.05) is 9.52 Å². The van der Waals surface area contributed by atoms with Gasteiger partial charge < -0.3 is 0 Å². The second-order valence-electron chi connectivity index (χ2n) is 5.09. The fourth-order valence-electron chi connectivity index (χ4n) is 2.33. The van der Waals surface area contributed by atoms with Crippen LogP contribution in [0.4, 0.5) is 8.78 Å². The van der Waals surface area contributed by atoms with E-state index in [-0.39, 0.29) is 21.2 Å². The number of halogens is 2. The first kappa shape index (κ1) is 14.6. The van der Waals surface area contributed by atoms with Crippen LogP contribution in [-0.2, 0) is 0 Å². The van der Waals surface area contributed by atoms with Gasteiger partial charge in [0.05, 0.1) is 6.20 Å². The molecule has 0 saturated heterocycles. The van der Waals surface area contributed by atoms with E-state index in [4.69, 9.17) is 0 Å². The lowest BCUT2D eigenvalue weighted by Crippen LogP contribution is -2.07. The summed E-state index contributed by atoms with van der Waals surface area (Å²) in [4.78, 5) is 0. The van der Waals surface area contributed by atoms with Crippen LogP contribution in [0.5, 0.6) is 0 Å². The Morgan fingerprint density at radius 2 is 1.36 bits per heavy atom. The van der Waals surface area contributed by atoms with E-state index in [1.807, 2.05) is 30.5 Å². The minimum absolute atomic E-state index is 0.218. The molecule has 0 radical (unpaired) electrons. The lowest BCUT2D eigenvalue weighted by atomic mass is 10.0. The normalized spacial score (nSPS) is 11.6. The SMILES string of the molecule is C[SiH2]C(c1ccc(F)cc1)c1ccc(F)cc1.c1c2nnn1-2. The molecule has 2 heterocycles. The van der Waals surface area contributed by atoms with Gasteiger partial charge in [-0.2, -0.15) is 4.68 Å². The Kier molecular flexibility index (Phi) is 4.10. The van der Waals surface area contributed by atoms with Gasteiger partial charge in [-0.05, 0) is 40.9 Å². The zero-order valence-electron chi connectivity index (χ0n) is 12.1. The van der Waals surface area contributed by atoms with E-state index in [1.54, 1.807) is 4.68 Å². The smallest absolute Gasteiger partial charge is 0.197 e. The highest BCUT2D eigenvalue weighted by Crippen LogP contribution is 2.24. The van der Waals surface area contributed by atoms with E-state index >= 15 is 0 Å². The van der Waals surface area contributed by atoms with Crippen molar-refractivity contribution in [1.82, 2.24) is 15.0 Å². The van der Waals surface area contributed by atoms with Crippen LogP contribution in [0, 0.1) is 11.6 Å². The first-order valence-corrected chi connectivity index (χ1v) is 9.34. The van der Waals surface area contributed by atoms with Crippen LogP contribution in [0.1, 0.15) is 16.7 Å². The number of rotatable bonds is 3. The fourth-order valence-corrected chi connectivity index (χ4v) is 3.82. The van der Waals surface area contributed by atoms with Crippen LogP contribution >= 0.6 is 0 Å². The van der Waals surface area contributed by atoms with Gasteiger partial charge in [-0.25, -0.2) is 8.78 Å². The average Bonchev–Trinajstić information content (AvgIpc) is 3.10. The van der Waals surface area contributed by atoms with Gasteiger partial charge in [-0.3, -0.25) is 0 Å². The predicted octanol–water partition coefficient (Wildman–Crippen LogP) is 2.85. The van der Waals surface area contributed by atoms with Crippen LogP contribution in [0.25, 0.3) is 5.82 Å². The van der Waals surface area contributed by atoms with E-state index in [0.29, 0.717) is 5.54 Å². The molecular weight excluding hydrogens is 300 g/mol. The van der Waals surface area contributed by atoms with Crippen LogP contribution in [0.3, 0.4) is 0 Å². The summed E-state index contributed by atoms with van der Waals surface area (Å²) in [6, 6.07) is 13.2. The van der Waals surface area contributed by atoms with Gasteiger partial charge >= 0.3 is 0 Å². The van der Waals surface area contributed by atoms with Crippen molar-refractivity contribution in [3.05, 3.63) is 77.5 Å². The molecule has 112 valence electrons. The molecule has 2 aromatic carbocycles. The molecule has 22 heavy (non-hydrogen) atoms. The van der Waals surface area contributed by atoms with Crippen molar-refractivity contribution in [3.63, 3.8) is 0 Å². The number of fused-ring (bicyclic) bond motifs is 1. The van der Waals surface area contributed by atoms with Crippen LogP contribution in [-0.4, -0.2) is 24.5 Å². The Labute approximate surface area is 129 Å². The molecule has 0 saturated carbocycles. The topological polar surface area (TPSA) is 30.7 Å². The molecule has 0 aromatic heterocycles. The summed E-state index contributed by atoms with van der Waals surface area (Å²) in [5.74, 6) is 0.582. The van der Waals surface area contributed by atoms with Gasteiger partial charge in [-0.1, -0.05) is 36.0 Å². The summed E-state index contributed by atoms with van der Waals surface area (Å²) < 4.78 is 27.5. The van der Waals surface area contributed by atoms with E-state index < -0.39 is 0 Å². The third-order valence-corrected chi connectivity index (χ3v) is 5.36. The molecule has 2 aliphatic rings. The number of benzene rings is 2. The lowest BCUT2D eigenvalue weighted by molar-refractivity contribution is 0.626. The summed E-state index contributed by atoms with van der Waals surface area (Å²) in [5, 5.41) is 7.06. The van der Waals surface area contributed by atoms with Gasteiger partial charge in [-0.15, -0.1) is 5.10 Å². The number of hydrogen-bond acceptors (Lipinski definition) is 2. The Morgan fingerprint density at radius 3 is 1.59 bits per heavy atom. The molecule has 0 N–H and O–H groups in total. The van der Waals surface area contributed by atoms with Crippen molar-refractivity contribution in [2.45, 2.75) is 12.1 Å². The van der Waals surface area contributed by atoms with Crippen molar-refractivity contribution in [1.29, 1.82) is 0 Å². The van der Waals surface area contributed by atoms with Crippen molar-refractivity contribution >= 4 is 9.52 Å². The maximum atomic E-state index is 12.9. The van der Waals surface area contributed by atoms with Crippen LogP contribution in [0.2, 0.25) is 6.55 Å². The van der Waals surface area contributed by atoms with E-state index in [0.717, 1.165) is 16.9 Å². The minimum atomic E-state index is -0.338.